The van der Waals surface area contributed by atoms with Crippen LogP contribution in [0.5, 0.6) is 0 Å². The minimum atomic E-state index is 0.392. The van der Waals surface area contributed by atoms with Crippen molar-refractivity contribution in [3.05, 3.63) is 59.4 Å². The fourth-order valence-corrected chi connectivity index (χ4v) is 2.69. The summed E-state index contributed by atoms with van der Waals surface area (Å²) < 4.78 is 0. The second-order valence-electron chi connectivity index (χ2n) is 5.22. The molecule has 0 radical (unpaired) electrons. The summed E-state index contributed by atoms with van der Waals surface area (Å²) in [6, 6.07) is 11.2. The maximum atomic E-state index is 4.08. The van der Waals surface area contributed by atoms with Crippen molar-refractivity contribution in [2.24, 2.45) is 0 Å². The molecule has 0 fully saturated rings. The molecule has 3 rings (SSSR count). The van der Waals surface area contributed by atoms with Crippen LogP contribution in [0.1, 0.15) is 42.5 Å². The highest BCUT2D eigenvalue weighted by Gasteiger charge is 2.24. The van der Waals surface area contributed by atoms with Gasteiger partial charge in [0.05, 0.1) is 6.04 Å². The third kappa shape index (κ3) is 1.88. The normalized spacial score (nSPS) is 17.6. The molecule has 1 aliphatic rings. The first kappa shape index (κ1) is 11.3. The fraction of sp³-hybridized carbons (Fsp3) is 0.312. The van der Waals surface area contributed by atoms with Crippen molar-refractivity contribution < 1.29 is 0 Å². The first-order valence-electron chi connectivity index (χ1n) is 6.54. The molecule has 2 heteroatoms. The lowest BCUT2D eigenvalue weighted by atomic mass is 9.98. The Kier molecular flexibility index (Phi) is 2.78. The topological polar surface area (TPSA) is 24.9 Å². The van der Waals surface area contributed by atoms with E-state index in [1.54, 1.807) is 0 Å². The van der Waals surface area contributed by atoms with Crippen molar-refractivity contribution in [1.29, 1.82) is 0 Å². The van der Waals surface area contributed by atoms with Gasteiger partial charge in [-0.05, 0) is 41.2 Å². The van der Waals surface area contributed by atoms with E-state index in [0.29, 0.717) is 12.0 Å². The van der Waals surface area contributed by atoms with E-state index < -0.39 is 0 Å². The molecule has 18 heavy (non-hydrogen) atoms. The molecule has 0 saturated heterocycles. The fourth-order valence-electron chi connectivity index (χ4n) is 2.69. The quantitative estimate of drug-likeness (QED) is 0.858. The molecule has 1 aliphatic heterocycles. The van der Waals surface area contributed by atoms with E-state index in [4.69, 9.17) is 0 Å². The van der Waals surface area contributed by atoms with Crippen LogP contribution in [0.25, 0.3) is 0 Å². The summed E-state index contributed by atoms with van der Waals surface area (Å²) in [6.45, 7) is 4.49. The van der Waals surface area contributed by atoms with E-state index in [0.717, 1.165) is 6.42 Å². The number of rotatable bonds is 2. The van der Waals surface area contributed by atoms with Crippen LogP contribution in [-0.2, 0) is 6.42 Å². The predicted molar refractivity (Wildman–Crippen MR) is 74.8 cm³/mol. The number of pyridine rings is 1. The first-order valence-corrected chi connectivity index (χ1v) is 6.54. The lowest BCUT2D eigenvalue weighted by molar-refractivity contribution is 0.819. The van der Waals surface area contributed by atoms with Crippen LogP contribution in [0.3, 0.4) is 0 Å². The SMILES string of the molecule is CC(C)c1cccc2c1NC(c1ccncc1)C2. The number of anilines is 1. The third-order valence-electron chi connectivity index (χ3n) is 3.66. The van der Waals surface area contributed by atoms with E-state index in [-0.39, 0.29) is 0 Å². The summed E-state index contributed by atoms with van der Waals surface area (Å²) in [4.78, 5) is 4.08. The number of hydrogen-bond acceptors (Lipinski definition) is 2. The van der Waals surface area contributed by atoms with Crippen molar-refractivity contribution >= 4 is 5.69 Å². The number of nitrogens with zero attached hydrogens (tertiary/aromatic N) is 1. The molecule has 2 heterocycles. The monoisotopic (exact) mass is 238 g/mol. The minimum Gasteiger partial charge on any atom is -0.377 e. The molecule has 0 aliphatic carbocycles. The van der Waals surface area contributed by atoms with Crippen LogP contribution in [0, 0.1) is 0 Å². The molecule has 1 aromatic heterocycles. The molecule has 2 aromatic rings. The number of para-hydroxylation sites is 1. The predicted octanol–water partition coefficient (Wildman–Crippen LogP) is 3.91. The number of aromatic nitrogens is 1. The molecule has 92 valence electrons. The van der Waals surface area contributed by atoms with Crippen LogP contribution in [0.4, 0.5) is 5.69 Å². The Morgan fingerprint density at radius 1 is 1.17 bits per heavy atom. The van der Waals surface area contributed by atoms with Crippen LogP contribution in [-0.4, -0.2) is 4.98 Å². The molecule has 1 unspecified atom stereocenters. The van der Waals surface area contributed by atoms with Gasteiger partial charge in [0.1, 0.15) is 0 Å². The zero-order chi connectivity index (χ0) is 12.5. The minimum absolute atomic E-state index is 0.392. The second kappa shape index (κ2) is 4.45. The van der Waals surface area contributed by atoms with Crippen molar-refractivity contribution in [1.82, 2.24) is 4.98 Å². The van der Waals surface area contributed by atoms with E-state index in [1.807, 2.05) is 12.4 Å². The van der Waals surface area contributed by atoms with E-state index in [2.05, 4.69) is 54.5 Å². The molecule has 1 atom stereocenters. The average molecular weight is 238 g/mol. The van der Waals surface area contributed by atoms with Crippen molar-refractivity contribution in [3.8, 4) is 0 Å². The third-order valence-corrected chi connectivity index (χ3v) is 3.66. The standard InChI is InChI=1S/C16H18N2/c1-11(2)14-5-3-4-13-10-15(18-16(13)14)12-6-8-17-9-7-12/h3-9,11,15,18H,10H2,1-2H3. The molecule has 1 aromatic carbocycles. The van der Waals surface area contributed by atoms with Crippen molar-refractivity contribution in [2.45, 2.75) is 32.2 Å². The van der Waals surface area contributed by atoms with Gasteiger partial charge in [0, 0.05) is 18.1 Å². The molecule has 0 spiro atoms. The van der Waals surface area contributed by atoms with Crippen LogP contribution >= 0.6 is 0 Å². The van der Waals surface area contributed by atoms with Gasteiger partial charge in [-0.1, -0.05) is 32.0 Å². The lowest BCUT2D eigenvalue weighted by Gasteiger charge is -2.14. The van der Waals surface area contributed by atoms with Gasteiger partial charge in [-0.2, -0.15) is 0 Å². The average Bonchev–Trinajstić information content (AvgIpc) is 2.83. The highest BCUT2D eigenvalue weighted by Crippen LogP contribution is 2.38. The largest absolute Gasteiger partial charge is 0.377 e. The van der Waals surface area contributed by atoms with Crippen LogP contribution in [0.2, 0.25) is 0 Å². The summed E-state index contributed by atoms with van der Waals surface area (Å²) in [5.41, 5.74) is 5.51. The van der Waals surface area contributed by atoms with Crippen molar-refractivity contribution in [3.63, 3.8) is 0 Å². The Hall–Kier alpha value is -1.83. The zero-order valence-electron chi connectivity index (χ0n) is 10.9. The Balaban J connectivity index is 1.94. The van der Waals surface area contributed by atoms with Gasteiger partial charge in [-0.25, -0.2) is 0 Å². The Labute approximate surface area is 108 Å². The van der Waals surface area contributed by atoms with E-state index in [1.165, 1.54) is 22.4 Å². The number of benzene rings is 1. The molecule has 0 amide bonds. The number of nitrogens with one attached hydrogen (secondary N) is 1. The van der Waals surface area contributed by atoms with E-state index in [9.17, 15) is 0 Å². The summed E-state index contributed by atoms with van der Waals surface area (Å²) in [7, 11) is 0. The maximum Gasteiger partial charge on any atom is 0.0556 e. The van der Waals surface area contributed by atoms with Gasteiger partial charge in [0.25, 0.3) is 0 Å². The molecule has 2 nitrogen and oxygen atoms in total. The molecular formula is C16H18N2. The van der Waals surface area contributed by atoms with Gasteiger partial charge in [-0.15, -0.1) is 0 Å². The summed E-state index contributed by atoms with van der Waals surface area (Å²) in [5, 5.41) is 3.67. The van der Waals surface area contributed by atoms with Crippen LogP contribution < -0.4 is 5.32 Å². The Bertz CT molecular complexity index is 546. The highest BCUT2D eigenvalue weighted by molar-refractivity contribution is 5.64. The summed E-state index contributed by atoms with van der Waals surface area (Å²) >= 11 is 0. The second-order valence-corrected chi connectivity index (χ2v) is 5.22. The Morgan fingerprint density at radius 2 is 1.94 bits per heavy atom. The van der Waals surface area contributed by atoms with Crippen LogP contribution in [0.15, 0.2) is 42.7 Å². The summed E-state index contributed by atoms with van der Waals surface area (Å²) in [6.07, 6.45) is 4.80. The number of fused-ring (bicyclic) bond motifs is 1. The smallest absolute Gasteiger partial charge is 0.0556 e. The van der Waals surface area contributed by atoms with Crippen molar-refractivity contribution in [2.75, 3.05) is 5.32 Å². The zero-order valence-corrected chi connectivity index (χ0v) is 10.9. The number of hydrogen-bond donors (Lipinski definition) is 1. The molecular weight excluding hydrogens is 220 g/mol. The van der Waals surface area contributed by atoms with Gasteiger partial charge in [0.15, 0.2) is 0 Å². The van der Waals surface area contributed by atoms with Gasteiger partial charge < -0.3 is 5.32 Å². The molecule has 0 saturated carbocycles. The van der Waals surface area contributed by atoms with Gasteiger partial charge in [0.2, 0.25) is 0 Å². The highest BCUT2D eigenvalue weighted by atomic mass is 15.0. The molecule has 1 N–H and O–H groups in total. The summed E-state index contributed by atoms with van der Waals surface area (Å²) in [5.74, 6) is 0.559. The first-order chi connectivity index (χ1) is 8.75. The Morgan fingerprint density at radius 3 is 2.67 bits per heavy atom. The lowest BCUT2D eigenvalue weighted by Crippen LogP contribution is -2.06. The van der Waals surface area contributed by atoms with E-state index >= 15 is 0 Å². The van der Waals surface area contributed by atoms with Gasteiger partial charge in [-0.3, -0.25) is 4.98 Å². The van der Waals surface area contributed by atoms with Gasteiger partial charge >= 0.3 is 0 Å². The maximum absolute atomic E-state index is 4.08. The molecule has 0 bridgehead atoms.